The molecule has 3 N–H and O–H groups in total. The Morgan fingerprint density at radius 1 is 1.40 bits per heavy atom. The van der Waals surface area contributed by atoms with E-state index >= 15 is 0 Å². The first-order valence-corrected chi connectivity index (χ1v) is 7.31. The zero-order valence-electron chi connectivity index (χ0n) is 11.7. The van der Waals surface area contributed by atoms with Crippen LogP contribution in [0.3, 0.4) is 0 Å². The van der Waals surface area contributed by atoms with E-state index in [2.05, 4.69) is 5.32 Å². The van der Waals surface area contributed by atoms with Gasteiger partial charge >= 0.3 is 0 Å². The molecule has 108 valence electrons. The molecule has 0 heterocycles. The SMILES string of the molecule is CC(CN)(NC(=O)C1CC1c1ccc(F)cc1)C1CC1. The summed E-state index contributed by atoms with van der Waals surface area (Å²) < 4.78 is 12.9. The van der Waals surface area contributed by atoms with E-state index in [0.717, 1.165) is 24.8 Å². The fourth-order valence-electron chi connectivity index (χ4n) is 2.98. The summed E-state index contributed by atoms with van der Waals surface area (Å²) in [5.41, 5.74) is 6.61. The zero-order valence-corrected chi connectivity index (χ0v) is 11.7. The summed E-state index contributed by atoms with van der Waals surface area (Å²) >= 11 is 0. The number of halogens is 1. The largest absolute Gasteiger partial charge is 0.349 e. The van der Waals surface area contributed by atoms with Crippen LogP contribution in [0.2, 0.25) is 0 Å². The van der Waals surface area contributed by atoms with E-state index in [1.165, 1.54) is 12.1 Å². The van der Waals surface area contributed by atoms with E-state index in [0.29, 0.717) is 12.5 Å². The maximum absolute atomic E-state index is 12.9. The Bertz CT molecular complexity index is 512. The molecule has 2 aliphatic carbocycles. The molecule has 0 aromatic heterocycles. The normalized spacial score (nSPS) is 27.8. The fraction of sp³-hybridized carbons (Fsp3) is 0.562. The van der Waals surface area contributed by atoms with Crippen molar-refractivity contribution in [1.82, 2.24) is 5.32 Å². The van der Waals surface area contributed by atoms with Crippen molar-refractivity contribution in [3.8, 4) is 0 Å². The minimum atomic E-state index is -0.257. The lowest BCUT2D eigenvalue weighted by atomic mass is 9.95. The standard InChI is InChI=1S/C16H21FN2O/c1-16(9-18,11-4-5-11)19-15(20)14-8-13(14)10-2-6-12(17)7-3-10/h2-3,6-7,11,13-14H,4-5,8-9,18H2,1H3,(H,19,20). The third-order valence-corrected chi connectivity index (χ3v) is 4.74. The lowest BCUT2D eigenvalue weighted by Gasteiger charge is -2.29. The third-order valence-electron chi connectivity index (χ3n) is 4.74. The molecule has 3 nitrogen and oxygen atoms in total. The van der Waals surface area contributed by atoms with Crippen molar-refractivity contribution in [2.24, 2.45) is 17.6 Å². The van der Waals surface area contributed by atoms with Gasteiger partial charge in [-0.15, -0.1) is 0 Å². The van der Waals surface area contributed by atoms with Gasteiger partial charge in [0.1, 0.15) is 5.82 Å². The lowest BCUT2D eigenvalue weighted by molar-refractivity contribution is -0.124. The average molecular weight is 276 g/mol. The van der Waals surface area contributed by atoms with E-state index < -0.39 is 0 Å². The summed E-state index contributed by atoms with van der Waals surface area (Å²) in [7, 11) is 0. The van der Waals surface area contributed by atoms with Crippen LogP contribution < -0.4 is 11.1 Å². The van der Waals surface area contributed by atoms with Gasteiger partial charge in [-0.3, -0.25) is 4.79 Å². The van der Waals surface area contributed by atoms with Gasteiger partial charge in [-0.2, -0.15) is 0 Å². The van der Waals surface area contributed by atoms with Crippen molar-refractivity contribution in [3.05, 3.63) is 35.6 Å². The Hall–Kier alpha value is -1.42. The molecular weight excluding hydrogens is 255 g/mol. The van der Waals surface area contributed by atoms with Crippen molar-refractivity contribution in [2.75, 3.05) is 6.54 Å². The molecule has 0 spiro atoms. The van der Waals surface area contributed by atoms with Gasteiger partial charge < -0.3 is 11.1 Å². The summed E-state index contributed by atoms with van der Waals surface area (Å²) in [4.78, 5) is 12.3. The number of benzene rings is 1. The predicted octanol–water partition coefficient (Wildman–Crippen LogP) is 2.17. The summed E-state index contributed by atoms with van der Waals surface area (Å²) in [6.07, 6.45) is 3.16. The third kappa shape index (κ3) is 2.57. The summed E-state index contributed by atoms with van der Waals surface area (Å²) in [5, 5.41) is 3.14. The molecule has 3 atom stereocenters. The minimum absolute atomic E-state index is 0.0186. The first-order valence-electron chi connectivity index (χ1n) is 7.31. The summed E-state index contributed by atoms with van der Waals surface area (Å²) in [5.74, 6) is 0.639. The number of nitrogens with one attached hydrogen (secondary N) is 1. The van der Waals surface area contributed by atoms with Crippen LogP contribution >= 0.6 is 0 Å². The molecule has 20 heavy (non-hydrogen) atoms. The van der Waals surface area contributed by atoms with Crippen molar-refractivity contribution in [3.63, 3.8) is 0 Å². The molecule has 2 fully saturated rings. The zero-order chi connectivity index (χ0) is 14.3. The van der Waals surface area contributed by atoms with E-state index in [9.17, 15) is 9.18 Å². The van der Waals surface area contributed by atoms with Crippen molar-refractivity contribution < 1.29 is 9.18 Å². The molecule has 0 bridgehead atoms. The van der Waals surface area contributed by atoms with Crippen LogP contribution in [-0.4, -0.2) is 18.0 Å². The molecular formula is C16H21FN2O. The van der Waals surface area contributed by atoms with Crippen LogP contribution in [-0.2, 0) is 4.79 Å². The second-order valence-electron chi connectivity index (χ2n) is 6.39. The predicted molar refractivity (Wildman–Crippen MR) is 75.6 cm³/mol. The second-order valence-corrected chi connectivity index (χ2v) is 6.39. The summed E-state index contributed by atoms with van der Waals surface area (Å²) in [6.45, 7) is 2.52. The first kappa shape index (κ1) is 13.6. The van der Waals surface area contributed by atoms with E-state index in [1.807, 2.05) is 6.92 Å². The molecule has 3 rings (SSSR count). The van der Waals surface area contributed by atoms with Gasteiger partial charge in [0, 0.05) is 12.5 Å². The number of hydrogen-bond acceptors (Lipinski definition) is 2. The number of rotatable bonds is 5. The quantitative estimate of drug-likeness (QED) is 0.866. The van der Waals surface area contributed by atoms with E-state index in [-0.39, 0.29) is 29.1 Å². The first-order chi connectivity index (χ1) is 9.53. The Labute approximate surface area is 118 Å². The number of amides is 1. The number of hydrogen-bond donors (Lipinski definition) is 2. The highest BCUT2D eigenvalue weighted by molar-refractivity contribution is 5.83. The molecule has 2 aliphatic rings. The molecule has 1 aromatic rings. The maximum atomic E-state index is 12.9. The van der Waals surface area contributed by atoms with E-state index in [1.54, 1.807) is 12.1 Å². The van der Waals surface area contributed by atoms with Crippen LogP contribution in [0.15, 0.2) is 24.3 Å². The van der Waals surface area contributed by atoms with Crippen LogP contribution in [0, 0.1) is 17.7 Å². The Morgan fingerprint density at radius 2 is 2.05 bits per heavy atom. The maximum Gasteiger partial charge on any atom is 0.224 e. The Balaban J connectivity index is 1.61. The Kier molecular flexibility index (Phi) is 3.28. The van der Waals surface area contributed by atoms with Gasteiger partial charge in [-0.25, -0.2) is 4.39 Å². The van der Waals surface area contributed by atoms with Gasteiger partial charge in [-0.05, 0) is 55.7 Å². The van der Waals surface area contributed by atoms with Crippen molar-refractivity contribution in [2.45, 2.75) is 37.6 Å². The number of carbonyl (C=O) groups is 1. The highest BCUT2D eigenvalue weighted by Gasteiger charge is 2.48. The molecule has 0 radical (unpaired) electrons. The van der Waals surface area contributed by atoms with Crippen LogP contribution in [0.25, 0.3) is 0 Å². The molecule has 0 aliphatic heterocycles. The van der Waals surface area contributed by atoms with Gasteiger partial charge in [-0.1, -0.05) is 12.1 Å². The molecule has 3 unspecified atom stereocenters. The average Bonchev–Trinajstić information content (AvgIpc) is 3.29. The monoisotopic (exact) mass is 276 g/mol. The highest BCUT2D eigenvalue weighted by Crippen LogP contribution is 2.48. The minimum Gasteiger partial charge on any atom is -0.349 e. The highest BCUT2D eigenvalue weighted by atomic mass is 19.1. The molecule has 4 heteroatoms. The molecule has 2 saturated carbocycles. The van der Waals surface area contributed by atoms with Gasteiger partial charge in [0.25, 0.3) is 0 Å². The lowest BCUT2D eigenvalue weighted by Crippen LogP contribution is -2.53. The van der Waals surface area contributed by atoms with Gasteiger partial charge in [0.15, 0.2) is 0 Å². The molecule has 0 saturated heterocycles. The molecule has 1 aromatic carbocycles. The van der Waals surface area contributed by atoms with E-state index in [4.69, 9.17) is 5.73 Å². The Morgan fingerprint density at radius 3 is 2.60 bits per heavy atom. The van der Waals surface area contributed by atoms with Crippen LogP contribution in [0.4, 0.5) is 4.39 Å². The van der Waals surface area contributed by atoms with Crippen molar-refractivity contribution in [1.29, 1.82) is 0 Å². The van der Waals surface area contributed by atoms with Gasteiger partial charge in [0.2, 0.25) is 5.91 Å². The van der Waals surface area contributed by atoms with Crippen molar-refractivity contribution >= 4 is 5.91 Å². The topological polar surface area (TPSA) is 55.1 Å². The smallest absolute Gasteiger partial charge is 0.224 e. The number of nitrogens with two attached hydrogens (primary N) is 1. The van der Waals surface area contributed by atoms with Gasteiger partial charge in [0.05, 0.1) is 5.54 Å². The second kappa shape index (κ2) is 4.85. The number of carbonyl (C=O) groups excluding carboxylic acids is 1. The molecule has 1 amide bonds. The fourth-order valence-corrected chi connectivity index (χ4v) is 2.98. The van der Waals surface area contributed by atoms with Crippen LogP contribution in [0.1, 0.15) is 37.7 Å². The van der Waals surface area contributed by atoms with Crippen LogP contribution in [0.5, 0.6) is 0 Å². The summed E-state index contributed by atoms with van der Waals surface area (Å²) in [6, 6.07) is 6.46.